The van der Waals surface area contributed by atoms with Crippen LogP contribution in [0.15, 0.2) is 48.5 Å². The number of amides is 1. The van der Waals surface area contributed by atoms with Gasteiger partial charge in [0.25, 0.3) is 0 Å². The highest BCUT2D eigenvalue weighted by molar-refractivity contribution is 6.30. The molecule has 0 saturated heterocycles. The third-order valence-electron chi connectivity index (χ3n) is 4.17. The number of para-hydroxylation sites is 1. The zero-order valence-corrected chi connectivity index (χ0v) is 14.3. The van der Waals surface area contributed by atoms with E-state index in [9.17, 15) is 9.59 Å². The number of rotatable bonds is 6. The van der Waals surface area contributed by atoms with E-state index >= 15 is 0 Å². The molecule has 25 heavy (non-hydrogen) atoms. The Kier molecular flexibility index (Phi) is 5.24. The van der Waals surface area contributed by atoms with E-state index in [1.807, 2.05) is 36.4 Å². The lowest BCUT2D eigenvalue weighted by Crippen LogP contribution is -2.36. The Balaban J connectivity index is 1.81. The number of halogens is 1. The standard InChI is InChI=1S/C19H18ClNO4/c20-14-5-3-4-13(10-14)11-21(9-8-18(22)23)19(24)16-12-25-17-7-2-1-6-15(16)17/h1-7,10,16H,8-9,11-12H2,(H,22,23). The van der Waals surface area contributed by atoms with Crippen molar-refractivity contribution in [1.82, 2.24) is 4.90 Å². The number of carbonyl (C=O) groups is 2. The van der Waals surface area contributed by atoms with Crippen LogP contribution >= 0.6 is 11.6 Å². The predicted octanol–water partition coefficient (Wildman–Crippen LogP) is 3.32. The number of carboxylic acids is 1. The molecule has 5 nitrogen and oxygen atoms in total. The summed E-state index contributed by atoms with van der Waals surface area (Å²) in [4.78, 5) is 25.6. The Morgan fingerprint density at radius 2 is 2.00 bits per heavy atom. The van der Waals surface area contributed by atoms with Crippen molar-refractivity contribution in [3.8, 4) is 5.75 Å². The summed E-state index contributed by atoms with van der Waals surface area (Å²) < 4.78 is 5.59. The van der Waals surface area contributed by atoms with Crippen LogP contribution in [0.4, 0.5) is 0 Å². The highest BCUT2D eigenvalue weighted by atomic mass is 35.5. The number of hydrogen-bond acceptors (Lipinski definition) is 3. The molecule has 6 heteroatoms. The molecule has 1 heterocycles. The van der Waals surface area contributed by atoms with Gasteiger partial charge < -0.3 is 14.7 Å². The summed E-state index contributed by atoms with van der Waals surface area (Å²) in [6, 6.07) is 14.7. The van der Waals surface area contributed by atoms with Gasteiger partial charge in [-0.1, -0.05) is 41.9 Å². The van der Waals surface area contributed by atoms with Gasteiger partial charge in [-0.05, 0) is 23.8 Å². The first-order chi connectivity index (χ1) is 12.0. The zero-order valence-electron chi connectivity index (χ0n) is 13.5. The molecular formula is C19H18ClNO4. The van der Waals surface area contributed by atoms with Crippen molar-refractivity contribution in [3.05, 3.63) is 64.7 Å². The van der Waals surface area contributed by atoms with Crippen LogP contribution in [-0.2, 0) is 16.1 Å². The van der Waals surface area contributed by atoms with Gasteiger partial charge in [0, 0.05) is 23.7 Å². The molecule has 2 aromatic carbocycles. The maximum Gasteiger partial charge on any atom is 0.305 e. The molecule has 0 saturated carbocycles. The van der Waals surface area contributed by atoms with E-state index in [0.29, 0.717) is 17.3 Å². The van der Waals surface area contributed by atoms with Gasteiger partial charge in [-0.15, -0.1) is 0 Å². The number of nitrogens with zero attached hydrogens (tertiary/aromatic N) is 1. The largest absolute Gasteiger partial charge is 0.492 e. The second-order valence-corrected chi connectivity index (χ2v) is 6.37. The molecule has 0 radical (unpaired) electrons. The minimum atomic E-state index is -0.938. The molecule has 0 aromatic heterocycles. The first-order valence-electron chi connectivity index (χ1n) is 8.01. The molecular weight excluding hydrogens is 342 g/mol. The summed E-state index contributed by atoms with van der Waals surface area (Å²) in [5.74, 6) is -0.774. The fourth-order valence-corrected chi connectivity index (χ4v) is 3.15. The fraction of sp³-hybridized carbons (Fsp3) is 0.263. The van der Waals surface area contributed by atoms with Crippen molar-refractivity contribution < 1.29 is 19.4 Å². The van der Waals surface area contributed by atoms with Crippen molar-refractivity contribution in [3.63, 3.8) is 0 Å². The number of fused-ring (bicyclic) bond motifs is 1. The van der Waals surface area contributed by atoms with E-state index in [4.69, 9.17) is 21.4 Å². The van der Waals surface area contributed by atoms with Crippen LogP contribution in [0.2, 0.25) is 5.02 Å². The highest BCUT2D eigenvalue weighted by Gasteiger charge is 2.33. The summed E-state index contributed by atoms with van der Waals surface area (Å²) in [7, 11) is 0. The molecule has 3 rings (SSSR count). The van der Waals surface area contributed by atoms with Crippen LogP contribution in [0.25, 0.3) is 0 Å². The van der Waals surface area contributed by atoms with Crippen molar-refractivity contribution in [2.24, 2.45) is 0 Å². The van der Waals surface area contributed by atoms with Crippen LogP contribution < -0.4 is 4.74 Å². The zero-order chi connectivity index (χ0) is 17.8. The maximum absolute atomic E-state index is 13.0. The average molecular weight is 360 g/mol. The highest BCUT2D eigenvalue weighted by Crippen LogP contribution is 2.35. The molecule has 1 aliphatic heterocycles. The molecule has 1 N–H and O–H groups in total. The van der Waals surface area contributed by atoms with Gasteiger partial charge in [0.05, 0.1) is 6.42 Å². The lowest BCUT2D eigenvalue weighted by atomic mass is 9.99. The van der Waals surface area contributed by atoms with Crippen LogP contribution in [0.1, 0.15) is 23.5 Å². The normalized spacial score (nSPS) is 15.3. The number of hydrogen-bond donors (Lipinski definition) is 1. The number of ether oxygens (including phenoxy) is 1. The van der Waals surface area contributed by atoms with Gasteiger partial charge >= 0.3 is 5.97 Å². The van der Waals surface area contributed by atoms with E-state index in [1.54, 1.807) is 17.0 Å². The first kappa shape index (κ1) is 17.3. The van der Waals surface area contributed by atoms with E-state index < -0.39 is 11.9 Å². The molecule has 0 aliphatic carbocycles. The van der Waals surface area contributed by atoms with Crippen molar-refractivity contribution >= 4 is 23.5 Å². The van der Waals surface area contributed by atoms with Gasteiger partial charge in [-0.25, -0.2) is 0 Å². The van der Waals surface area contributed by atoms with Crippen LogP contribution in [0.3, 0.4) is 0 Å². The molecule has 1 aliphatic rings. The minimum Gasteiger partial charge on any atom is -0.492 e. The quantitative estimate of drug-likeness (QED) is 0.859. The molecule has 130 valence electrons. The Morgan fingerprint density at radius 1 is 1.20 bits per heavy atom. The SMILES string of the molecule is O=C(O)CCN(Cc1cccc(Cl)c1)C(=O)C1COc2ccccc21. The van der Waals surface area contributed by atoms with E-state index in [1.165, 1.54) is 0 Å². The smallest absolute Gasteiger partial charge is 0.305 e. The van der Waals surface area contributed by atoms with Gasteiger partial charge in [-0.2, -0.15) is 0 Å². The molecule has 0 bridgehead atoms. The summed E-state index contributed by atoms with van der Waals surface area (Å²) in [5.41, 5.74) is 1.71. The lowest BCUT2D eigenvalue weighted by molar-refractivity contribution is -0.139. The van der Waals surface area contributed by atoms with Gasteiger partial charge in [-0.3, -0.25) is 9.59 Å². The second kappa shape index (κ2) is 7.57. The van der Waals surface area contributed by atoms with Crippen LogP contribution in [-0.4, -0.2) is 35.0 Å². The average Bonchev–Trinajstić information content (AvgIpc) is 3.02. The third-order valence-corrected chi connectivity index (χ3v) is 4.40. The van der Waals surface area contributed by atoms with Crippen molar-refractivity contribution in [2.75, 3.05) is 13.2 Å². The number of carboxylic acid groups (broad SMARTS) is 1. The van der Waals surface area contributed by atoms with Gasteiger partial charge in [0.1, 0.15) is 18.3 Å². The summed E-state index contributed by atoms with van der Waals surface area (Å²) in [5, 5.41) is 9.57. The van der Waals surface area contributed by atoms with E-state index in [0.717, 1.165) is 11.1 Å². The van der Waals surface area contributed by atoms with E-state index in [2.05, 4.69) is 0 Å². The second-order valence-electron chi connectivity index (χ2n) is 5.93. The molecule has 1 unspecified atom stereocenters. The Bertz CT molecular complexity index is 792. The summed E-state index contributed by atoms with van der Waals surface area (Å²) in [6.45, 7) is 0.724. The summed E-state index contributed by atoms with van der Waals surface area (Å²) in [6.07, 6.45) is -0.110. The Hall–Kier alpha value is -2.53. The lowest BCUT2D eigenvalue weighted by Gasteiger charge is -2.25. The fourth-order valence-electron chi connectivity index (χ4n) is 2.94. The Labute approximate surface area is 150 Å². The van der Waals surface area contributed by atoms with Crippen LogP contribution in [0.5, 0.6) is 5.75 Å². The molecule has 1 amide bonds. The van der Waals surface area contributed by atoms with Gasteiger partial charge in [0.15, 0.2) is 0 Å². The first-order valence-corrected chi connectivity index (χ1v) is 8.39. The predicted molar refractivity (Wildman–Crippen MR) is 93.8 cm³/mol. The van der Waals surface area contributed by atoms with Gasteiger partial charge in [0.2, 0.25) is 5.91 Å². The minimum absolute atomic E-state index is 0.110. The molecule has 0 spiro atoms. The third kappa shape index (κ3) is 4.12. The number of aliphatic carboxylic acids is 1. The molecule has 0 fully saturated rings. The monoisotopic (exact) mass is 359 g/mol. The van der Waals surface area contributed by atoms with Crippen molar-refractivity contribution in [2.45, 2.75) is 18.9 Å². The van der Waals surface area contributed by atoms with Crippen LogP contribution in [0, 0.1) is 0 Å². The topological polar surface area (TPSA) is 66.8 Å². The number of carbonyl (C=O) groups excluding carboxylic acids is 1. The van der Waals surface area contributed by atoms with E-state index in [-0.39, 0.29) is 25.5 Å². The number of benzene rings is 2. The molecule has 1 atom stereocenters. The van der Waals surface area contributed by atoms with Crippen molar-refractivity contribution in [1.29, 1.82) is 0 Å². The molecule has 2 aromatic rings. The maximum atomic E-state index is 13.0. The summed E-state index contributed by atoms with van der Waals surface area (Å²) >= 11 is 6.01. The Morgan fingerprint density at radius 3 is 2.76 bits per heavy atom.